The molecule has 1 aliphatic carbocycles. The van der Waals surface area contributed by atoms with Crippen LogP contribution in [0.3, 0.4) is 0 Å². The molecule has 1 unspecified atom stereocenters. The number of aromatic nitrogens is 1. The molecule has 1 aliphatic rings. The van der Waals surface area contributed by atoms with Crippen LogP contribution in [-0.2, 0) is 13.0 Å². The molecule has 19 heavy (non-hydrogen) atoms. The van der Waals surface area contributed by atoms with Crippen LogP contribution < -0.4 is 5.73 Å². The van der Waals surface area contributed by atoms with E-state index in [0.717, 1.165) is 24.4 Å². The molecule has 2 N–H and O–H groups in total. The number of hydrogen-bond donors (Lipinski definition) is 1. The van der Waals surface area contributed by atoms with Crippen molar-refractivity contribution >= 4 is 11.6 Å². The van der Waals surface area contributed by atoms with Gasteiger partial charge in [-0.15, -0.1) is 0 Å². The second-order valence-corrected chi connectivity index (χ2v) is 5.83. The van der Waals surface area contributed by atoms with E-state index in [1.807, 2.05) is 18.2 Å². The minimum atomic E-state index is 0.207. The van der Waals surface area contributed by atoms with Crippen molar-refractivity contribution in [3.05, 3.63) is 58.4 Å². The highest BCUT2D eigenvalue weighted by atomic mass is 35.5. The van der Waals surface area contributed by atoms with Crippen molar-refractivity contribution in [1.82, 2.24) is 4.57 Å². The molecule has 2 nitrogen and oxygen atoms in total. The molecule has 0 fully saturated rings. The Hall–Kier alpha value is -1.25. The van der Waals surface area contributed by atoms with Gasteiger partial charge in [-0.25, -0.2) is 0 Å². The highest BCUT2D eigenvalue weighted by Gasteiger charge is 2.17. The molecule has 1 heterocycles. The summed E-state index contributed by atoms with van der Waals surface area (Å²) in [6.07, 6.45) is 9.22. The Labute approximate surface area is 119 Å². The Morgan fingerprint density at radius 3 is 3.00 bits per heavy atom. The van der Waals surface area contributed by atoms with Crippen molar-refractivity contribution in [2.75, 3.05) is 0 Å². The summed E-state index contributed by atoms with van der Waals surface area (Å²) < 4.78 is 2.24. The number of nitrogens with two attached hydrogens (primary N) is 1. The number of hydrogen-bond acceptors (Lipinski definition) is 1. The minimum absolute atomic E-state index is 0.207. The standard InChI is InChI=1S/C16H19ClN2/c17-14-6-3-4-12(8-14)9-19-10-13-5-1-2-7-16(18)15(13)11-19/h3-4,6,8,10-11,16H,1-2,5,7,9,18H2. The van der Waals surface area contributed by atoms with Crippen LogP contribution in [0.25, 0.3) is 0 Å². The van der Waals surface area contributed by atoms with Crippen molar-refractivity contribution < 1.29 is 0 Å². The van der Waals surface area contributed by atoms with Gasteiger partial charge in [0.15, 0.2) is 0 Å². The summed E-state index contributed by atoms with van der Waals surface area (Å²) in [5, 5.41) is 0.794. The number of benzene rings is 1. The van der Waals surface area contributed by atoms with Crippen LogP contribution in [0.15, 0.2) is 36.7 Å². The minimum Gasteiger partial charge on any atom is -0.349 e. The number of aryl methyl sites for hydroxylation is 1. The predicted molar refractivity (Wildman–Crippen MR) is 79.5 cm³/mol. The summed E-state index contributed by atoms with van der Waals surface area (Å²) in [6, 6.07) is 8.24. The van der Waals surface area contributed by atoms with E-state index in [1.54, 1.807) is 0 Å². The molecule has 1 atom stereocenters. The molecular weight excluding hydrogens is 256 g/mol. The summed E-state index contributed by atoms with van der Waals surface area (Å²) >= 11 is 6.03. The fourth-order valence-corrected chi connectivity index (χ4v) is 3.10. The van der Waals surface area contributed by atoms with Gasteiger partial charge >= 0.3 is 0 Å². The fraction of sp³-hybridized carbons (Fsp3) is 0.375. The monoisotopic (exact) mass is 274 g/mol. The van der Waals surface area contributed by atoms with Crippen molar-refractivity contribution in [2.45, 2.75) is 38.3 Å². The average Bonchev–Trinajstić information content (AvgIpc) is 2.70. The van der Waals surface area contributed by atoms with Crippen molar-refractivity contribution in [2.24, 2.45) is 5.73 Å². The summed E-state index contributed by atoms with van der Waals surface area (Å²) in [4.78, 5) is 0. The van der Waals surface area contributed by atoms with Gasteiger partial charge in [-0.2, -0.15) is 0 Å². The number of nitrogens with zero attached hydrogens (tertiary/aromatic N) is 1. The molecule has 100 valence electrons. The smallest absolute Gasteiger partial charge is 0.0470 e. The zero-order valence-electron chi connectivity index (χ0n) is 11.0. The van der Waals surface area contributed by atoms with Crippen LogP contribution in [0.5, 0.6) is 0 Å². The maximum atomic E-state index is 6.24. The molecule has 0 bridgehead atoms. The highest BCUT2D eigenvalue weighted by molar-refractivity contribution is 6.30. The number of halogens is 1. The first-order valence-electron chi connectivity index (χ1n) is 6.91. The third kappa shape index (κ3) is 2.85. The predicted octanol–water partition coefficient (Wildman–Crippen LogP) is 3.92. The molecule has 0 saturated heterocycles. The third-order valence-electron chi connectivity index (χ3n) is 3.86. The molecule has 1 aromatic heterocycles. The molecule has 0 radical (unpaired) electrons. The van der Waals surface area contributed by atoms with Gasteiger partial charge in [-0.3, -0.25) is 0 Å². The summed E-state index contributed by atoms with van der Waals surface area (Å²) in [6.45, 7) is 0.861. The SMILES string of the molecule is NC1CCCCc2cn(Cc3cccc(Cl)c3)cc21. The number of rotatable bonds is 2. The van der Waals surface area contributed by atoms with E-state index >= 15 is 0 Å². The van der Waals surface area contributed by atoms with E-state index in [0.29, 0.717) is 0 Å². The molecule has 3 rings (SSSR count). The largest absolute Gasteiger partial charge is 0.349 e. The fourth-order valence-electron chi connectivity index (χ4n) is 2.89. The lowest BCUT2D eigenvalue weighted by Crippen LogP contribution is -2.09. The molecule has 0 spiro atoms. The van der Waals surface area contributed by atoms with Crippen LogP contribution in [-0.4, -0.2) is 4.57 Å². The van der Waals surface area contributed by atoms with Gasteiger partial charge < -0.3 is 10.3 Å². The van der Waals surface area contributed by atoms with Crippen LogP contribution in [0, 0.1) is 0 Å². The summed E-state index contributed by atoms with van der Waals surface area (Å²) in [5.41, 5.74) is 10.2. The van der Waals surface area contributed by atoms with E-state index in [1.165, 1.54) is 29.5 Å². The highest BCUT2D eigenvalue weighted by Crippen LogP contribution is 2.28. The second-order valence-electron chi connectivity index (χ2n) is 5.39. The Morgan fingerprint density at radius 2 is 2.16 bits per heavy atom. The first-order valence-corrected chi connectivity index (χ1v) is 7.29. The lowest BCUT2D eigenvalue weighted by atomic mass is 10.1. The average molecular weight is 275 g/mol. The molecule has 0 aliphatic heterocycles. The van der Waals surface area contributed by atoms with E-state index in [-0.39, 0.29) is 6.04 Å². The Balaban J connectivity index is 1.85. The lowest BCUT2D eigenvalue weighted by molar-refractivity contribution is 0.610. The molecule has 3 heteroatoms. The number of fused-ring (bicyclic) bond motifs is 1. The van der Waals surface area contributed by atoms with Gasteiger partial charge in [-0.1, -0.05) is 30.2 Å². The third-order valence-corrected chi connectivity index (χ3v) is 4.10. The van der Waals surface area contributed by atoms with Gasteiger partial charge in [0, 0.05) is 30.0 Å². The molecule has 2 aromatic rings. The van der Waals surface area contributed by atoms with Crippen molar-refractivity contribution in [3.63, 3.8) is 0 Å². The van der Waals surface area contributed by atoms with Crippen molar-refractivity contribution in [1.29, 1.82) is 0 Å². The normalized spacial score (nSPS) is 18.9. The molecule has 1 aromatic carbocycles. The Kier molecular flexibility index (Phi) is 3.63. The topological polar surface area (TPSA) is 30.9 Å². The lowest BCUT2D eigenvalue weighted by Gasteiger charge is -2.07. The first kappa shape index (κ1) is 12.8. The summed E-state index contributed by atoms with van der Waals surface area (Å²) in [5.74, 6) is 0. The summed E-state index contributed by atoms with van der Waals surface area (Å²) in [7, 11) is 0. The Morgan fingerprint density at radius 1 is 1.26 bits per heavy atom. The van der Waals surface area contributed by atoms with E-state index in [9.17, 15) is 0 Å². The van der Waals surface area contributed by atoms with E-state index < -0.39 is 0 Å². The zero-order chi connectivity index (χ0) is 13.2. The van der Waals surface area contributed by atoms with Crippen LogP contribution in [0.1, 0.15) is 42.0 Å². The van der Waals surface area contributed by atoms with Gasteiger partial charge in [0.2, 0.25) is 0 Å². The Bertz CT molecular complexity index is 574. The van der Waals surface area contributed by atoms with Gasteiger partial charge in [0.25, 0.3) is 0 Å². The van der Waals surface area contributed by atoms with Gasteiger partial charge in [-0.05, 0) is 48.1 Å². The maximum Gasteiger partial charge on any atom is 0.0470 e. The van der Waals surface area contributed by atoms with Crippen LogP contribution >= 0.6 is 11.6 Å². The molecule has 0 saturated carbocycles. The molecule has 0 amide bonds. The van der Waals surface area contributed by atoms with Gasteiger partial charge in [0.05, 0.1) is 0 Å². The van der Waals surface area contributed by atoms with E-state index in [2.05, 4.69) is 23.0 Å². The van der Waals surface area contributed by atoms with Crippen LogP contribution in [0.2, 0.25) is 5.02 Å². The maximum absolute atomic E-state index is 6.24. The zero-order valence-corrected chi connectivity index (χ0v) is 11.7. The quantitative estimate of drug-likeness (QED) is 0.827. The first-order chi connectivity index (χ1) is 9.22. The van der Waals surface area contributed by atoms with Gasteiger partial charge in [0.1, 0.15) is 0 Å². The second kappa shape index (κ2) is 5.40. The molecular formula is C16H19ClN2. The van der Waals surface area contributed by atoms with Crippen LogP contribution in [0.4, 0.5) is 0 Å². The van der Waals surface area contributed by atoms with Crippen molar-refractivity contribution in [3.8, 4) is 0 Å². The van der Waals surface area contributed by atoms with E-state index in [4.69, 9.17) is 17.3 Å².